The van der Waals surface area contributed by atoms with Crippen molar-refractivity contribution in [2.75, 3.05) is 0 Å². The van der Waals surface area contributed by atoms with Gasteiger partial charge in [-0.15, -0.1) is 0 Å². The van der Waals surface area contributed by atoms with Crippen LogP contribution in [0.3, 0.4) is 0 Å². The molecule has 0 fully saturated rings. The molecule has 0 saturated heterocycles. The molecule has 20 heavy (non-hydrogen) atoms. The highest BCUT2D eigenvalue weighted by atomic mass is 79.9. The van der Waals surface area contributed by atoms with Crippen LogP contribution in [0.1, 0.15) is 34.6 Å². The summed E-state index contributed by atoms with van der Waals surface area (Å²) in [5.74, 6) is -0.979. The number of rotatable bonds is 2. The van der Waals surface area contributed by atoms with Crippen LogP contribution >= 0.6 is 27.5 Å². The van der Waals surface area contributed by atoms with Gasteiger partial charge >= 0.3 is 5.97 Å². The number of hydrogen-bond donors (Lipinski definition) is 1. The lowest BCUT2D eigenvalue weighted by Crippen LogP contribution is -2.08. The third-order valence-electron chi connectivity index (χ3n) is 3.52. The van der Waals surface area contributed by atoms with E-state index in [0.29, 0.717) is 10.7 Å². The first-order valence-electron chi connectivity index (χ1n) is 6.37. The van der Waals surface area contributed by atoms with Crippen molar-refractivity contribution in [2.45, 2.75) is 25.7 Å². The normalized spacial score (nSPS) is 14.1. The largest absolute Gasteiger partial charge is 0.476 e. The van der Waals surface area contributed by atoms with Gasteiger partial charge in [-0.05, 0) is 43.9 Å². The molecule has 0 bridgehead atoms. The first kappa shape index (κ1) is 13.6. The second-order valence-corrected chi connectivity index (χ2v) is 6.12. The maximum absolute atomic E-state index is 11.4. The Morgan fingerprint density at radius 2 is 2.10 bits per heavy atom. The Hall–Kier alpha value is -1.33. The van der Waals surface area contributed by atoms with Crippen molar-refractivity contribution in [2.24, 2.45) is 0 Å². The van der Waals surface area contributed by atoms with E-state index in [2.05, 4.69) is 21.0 Å². The zero-order valence-electron chi connectivity index (χ0n) is 10.6. The number of halogens is 2. The summed E-state index contributed by atoms with van der Waals surface area (Å²) in [6, 6.07) is 5.48. The summed E-state index contributed by atoms with van der Waals surface area (Å²) in [7, 11) is 0. The molecule has 1 heterocycles. The van der Waals surface area contributed by atoms with Crippen LogP contribution in [0.4, 0.5) is 0 Å². The molecule has 0 aliphatic heterocycles. The van der Waals surface area contributed by atoms with Gasteiger partial charge in [-0.1, -0.05) is 27.5 Å². The zero-order chi connectivity index (χ0) is 14.3. The fraction of sp³-hybridized carbons (Fsp3) is 0.286. The summed E-state index contributed by atoms with van der Waals surface area (Å²) in [5.41, 5.74) is 2.68. The Balaban J connectivity index is 2.23. The van der Waals surface area contributed by atoms with Crippen LogP contribution < -0.4 is 0 Å². The van der Waals surface area contributed by atoms with E-state index in [-0.39, 0.29) is 5.69 Å². The van der Waals surface area contributed by atoms with Gasteiger partial charge in [0.1, 0.15) is 0 Å². The average Bonchev–Trinajstić information content (AvgIpc) is 2.81. The minimum atomic E-state index is -0.979. The number of hydrogen-bond acceptors (Lipinski definition) is 2. The molecule has 104 valence electrons. The lowest BCUT2D eigenvalue weighted by Gasteiger charge is -2.14. The van der Waals surface area contributed by atoms with Gasteiger partial charge in [0.05, 0.1) is 10.7 Å². The zero-order valence-corrected chi connectivity index (χ0v) is 12.9. The number of carboxylic acids is 1. The van der Waals surface area contributed by atoms with Gasteiger partial charge in [0.25, 0.3) is 0 Å². The average molecular weight is 356 g/mol. The van der Waals surface area contributed by atoms with Crippen LogP contribution in [0.5, 0.6) is 0 Å². The van der Waals surface area contributed by atoms with Gasteiger partial charge in [0, 0.05) is 15.7 Å². The molecule has 0 atom stereocenters. The van der Waals surface area contributed by atoms with Crippen LogP contribution in [0.2, 0.25) is 5.02 Å². The molecule has 4 nitrogen and oxygen atoms in total. The number of aromatic carboxylic acids is 1. The molecule has 1 aliphatic carbocycles. The molecule has 0 spiro atoms. The molecule has 1 aliphatic rings. The van der Waals surface area contributed by atoms with Gasteiger partial charge in [0.15, 0.2) is 5.69 Å². The fourth-order valence-corrected chi connectivity index (χ4v) is 3.16. The number of aromatic nitrogens is 2. The Labute approximate surface area is 129 Å². The van der Waals surface area contributed by atoms with Crippen LogP contribution in [-0.2, 0) is 12.8 Å². The molecule has 1 aromatic heterocycles. The minimum absolute atomic E-state index is 0.149. The Kier molecular flexibility index (Phi) is 3.56. The molecule has 3 rings (SSSR count). The van der Waals surface area contributed by atoms with E-state index in [1.54, 1.807) is 10.7 Å². The second kappa shape index (κ2) is 5.22. The van der Waals surface area contributed by atoms with E-state index >= 15 is 0 Å². The first-order valence-corrected chi connectivity index (χ1v) is 7.54. The quantitative estimate of drug-likeness (QED) is 0.890. The van der Waals surface area contributed by atoms with Crippen LogP contribution in [0.25, 0.3) is 5.69 Å². The Morgan fingerprint density at radius 1 is 1.35 bits per heavy atom. The van der Waals surface area contributed by atoms with Crippen LogP contribution in [0.15, 0.2) is 22.7 Å². The Bertz CT molecular complexity index is 697. The summed E-state index contributed by atoms with van der Waals surface area (Å²) >= 11 is 9.64. The standard InChI is InChI=1S/C14H12BrClN2O2/c15-8-5-6-10(16)12(7-8)18-11-4-2-1-3-9(11)13(17-18)14(19)20/h5-7H,1-4H2,(H,19,20). The highest BCUT2D eigenvalue weighted by Gasteiger charge is 2.25. The summed E-state index contributed by atoms with van der Waals surface area (Å²) in [6.07, 6.45) is 3.65. The van der Waals surface area contributed by atoms with Gasteiger partial charge in [-0.25, -0.2) is 9.48 Å². The maximum Gasteiger partial charge on any atom is 0.356 e. The lowest BCUT2D eigenvalue weighted by molar-refractivity contribution is 0.0688. The summed E-state index contributed by atoms with van der Waals surface area (Å²) in [6.45, 7) is 0. The predicted molar refractivity (Wildman–Crippen MR) is 79.9 cm³/mol. The summed E-state index contributed by atoms with van der Waals surface area (Å²) < 4.78 is 2.57. The number of benzene rings is 1. The SMILES string of the molecule is O=C(O)c1nn(-c2cc(Br)ccc2Cl)c2c1CCCC2. The van der Waals surface area contributed by atoms with Crippen molar-refractivity contribution >= 4 is 33.5 Å². The molecule has 2 aromatic rings. The van der Waals surface area contributed by atoms with Crippen molar-refractivity contribution in [3.63, 3.8) is 0 Å². The fourth-order valence-electron chi connectivity index (χ4n) is 2.62. The van der Waals surface area contributed by atoms with Gasteiger partial charge < -0.3 is 5.11 Å². The number of carbonyl (C=O) groups is 1. The van der Waals surface area contributed by atoms with E-state index in [1.165, 1.54) is 0 Å². The highest BCUT2D eigenvalue weighted by molar-refractivity contribution is 9.10. The second-order valence-electron chi connectivity index (χ2n) is 4.79. The summed E-state index contributed by atoms with van der Waals surface area (Å²) in [5, 5.41) is 14.1. The van der Waals surface area contributed by atoms with Crippen molar-refractivity contribution in [1.29, 1.82) is 0 Å². The molecular weight excluding hydrogens is 344 g/mol. The molecule has 0 radical (unpaired) electrons. The van der Waals surface area contributed by atoms with Crippen molar-refractivity contribution in [1.82, 2.24) is 9.78 Å². The van der Waals surface area contributed by atoms with Crippen molar-refractivity contribution < 1.29 is 9.90 Å². The molecule has 1 aromatic carbocycles. The van der Waals surface area contributed by atoms with Gasteiger partial charge in [0.2, 0.25) is 0 Å². The number of nitrogens with zero attached hydrogens (tertiary/aromatic N) is 2. The lowest BCUT2D eigenvalue weighted by atomic mass is 9.95. The van der Waals surface area contributed by atoms with E-state index in [9.17, 15) is 9.90 Å². The first-order chi connectivity index (χ1) is 9.58. The van der Waals surface area contributed by atoms with Crippen LogP contribution in [-0.4, -0.2) is 20.9 Å². The van der Waals surface area contributed by atoms with E-state index in [1.807, 2.05) is 12.1 Å². The van der Waals surface area contributed by atoms with Crippen molar-refractivity contribution in [3.05, 3.63) is 44.6 Å². The van der Waals surface area contributed by atoms with Gasteiger partial charge in [-0.3, -0.25) is 0 Å². The summed E-state index contributed by atoms with van der Waals surface area (Å²) in [4.78, 5) is 11.4. The topological polar surface area (TPSA) is 55.1 Å². The van der Waals surface area contributed by atoms with E-state index in [0.717, 1.165) is 41.4 Å². The Morgan fingerprint density at radius 3 is 2.85 bits per heavy atom. The smallest absolute Gasteiger partial charge is 0.356 e. The number of carboxylic acid groups (broad SMARTS) is 1. The molecule has 1 N–H and O–H groups in total. The monoisotopic (exact) mass is 354 g/mol. The molecular formula is C14H12BrClN2O2. The highest BCUT2D eigenvalue weighted by Crippen LogP contribution is 2.31. The van der Waals surface area contributed by atoms with Crippen LogP contribution in [0, 0.1) is 0 Å². The maximum atomic E-state index is 11.4. The predicted octanol–water partition coefficient (Wildman–Crippen LogP) is 3.87. The third kappa shape index (κ3) is 2.25. The molecule has 0 saturated carbocycles. The minimum Gasteiger partial charge on any atom is -0.476 e. The molecule has 6 heteroatoms. The van der Waals surface area contributed by atoms with Crippen molar-refractivity contribution in [3.8, 4) is 5.69 Å². The molecule has 0 amide bonds. The third-order valence-corrected chi connectivity index (χ3v) is 4.33. The van der Waals surface area contributed by atoms with E-state index in [4.69, 9.17) is 11.6 Å². The number of fused-ring (bicyclic) bond motifs is 1. The van der Waals surface area contributed by atoms with E-state index < -0.39 is 5.97 Å². The molecule has 0 unspecified atom stereocenters. The van der Waals surface area contributed by atoms with Gasteiger partial charge in [-0.2, -0.15) is 5.10 Å².